The fourth-order valence-electron chi connectivity index (χ4n) is 4.56. The molecule has 2 aliphatic rings. The number of nitrogens with zero attached hydrogens (tertiary/aromatic N) is 5. The molecule has 2 saturated heterocycles. The van der Waals surface area contributed by atoms with E-state index in [9.17, 15) is 10.1 Å². The van der Waals surface area contributed by atoms with Crippen LogP contribution in [-0.2, 0) is 0 Å². The van der Waals surface area contributed by atoms with Gasteiger partial charge in [-0.25, -0.2) is 4.79 Å². The number of hydrogen-bond acceptors (Lipinski definition) is 6. The van der Waals surface area contributed by atoms with Crippen LogP contribution in [0, 0.1) is 34.5 Å². The molecular weight excluding hydrogens is 380 g/mol. The maximum atomic E-state index is 11.8. The van der Waals surface area contributed by atoms with Gasteiger partial charge in [0.15, 0.2) is 0 Å². The highest BCUT2D eigenvalue weighted by molar-refractivity contribution is 5.72. The Morgan fingerprint density at radius 1 is 1.23 bits per heavy atom. The van der Waals surface area contributed by atoms with Crippen molar-refractivity contribution >= 4 is 6.03 Å². The number of fused-ring (bicyclic) bond motifs is 2. The highest BCUT2D eigenvalue weighted by atomic mass is 16.5. The average Bonchev–Trinajstić information content (AvgIpc) is 2.75. The number of benzene rings is 1. The van der Waals surface area contributed by atoms with E-state index in [1.807, 2.05) is 6.92 Å². The zero-order valence-corrected chi connectivity index (χ0v) is 17.7. The number of piperidine rings is 2. The maximum absolute atomic E-state index is 11.8. The molecule has 2 fully saturated rings. The molecule has 4 atom stereocenters. The molecule has 2 aliphatic heterocycles. The first-order valence-corrected chi connectivity index (χ1v) is 10.4. The number of primary amides is 1. The van der Waals surface area contributed by atoms with E-state index in [4.69, 9.17) is 15.7 Å². The van der Waals surface area contributed by atoms with Gasteiger partial charge >= 0.3 is 6.03 Å². The van der Waals surface area contributed by atoms with Crippen LogP contribution in [0.3, 0.4) is 0 Å². The number of carbonyl (C=O) groups excluding carboxylic acids is 1. The Morgan fingerprint density at radius 3 is 2.40 bits per heavy atom. The first-order valence-electron chi connectivity index (χ1n) is 10.4. The first kappa shape index (κ1) is 21.9. The summed E-state index contributed by atoms with van der Waals surface area (Å²) in [6.07, 6.45) is 1.20. The van der Waals surface area contributed by atoms with E-state index in [1.165, 1.54) is 11.3 Å². The number of likely N-dealkylation sites (tertiary alicyclic amines) is 2. The summed E-state index contributed by atoms with van der Waals surface area (Å²) in [5.74, 6) is 1.73. The normalized spacial score (nSPS) is 23.6. The standard InChI is InChI=1S/C22H30N6O2/c1-16(8-23)28-12-18-7-19(13-28)11-27(10-18)14-20(26(2)22(25)29)15-30-21-5-3-17(9-24)4-6-21/h3-6,16,18-20H,7,10-15H2,1-2H3,(H2,25,29). The number of hydrogen-bond donors (Lipinski definition) is 1. The molecule has 2 bridgehead atoms. The number of amides is 2. The third kappa shape index (κ3) is 5.41. The van der Waals surface area contributed by atoms with Crippen LogP contribution in [0.4, 0.5) is 4.79 Å². The van der Waals surface area contributed by atoms with Gasteiger partial charge in [-0.3, -0.25) is 4.90 Å². The van der Waals surface area contributed by atoms with Crippen molar-refractivity contribution in [1.82, 2.24) is 14.7 Å². The van der Waals surface area contributed by atoms with Gasteiger partial charge in [-0.05, 0) is 49.4 Å². The summed E-state index contributed by atoms with van der Waals surface area (Å²) in [5, 5.41) is 18.2. The van der Waals surface area contributed by atoms with E-state index in [2.05, 4.69) is 21.9 Å². The Morgan fingerprint density at radius 2 is 1.87 bits per heavy atom. The summed E-state index contributed by atoms with van der Waals surface area (Å²) in [6, 6.07) is 10.7. The van der Waals surface area contributed by atoms with E-state index < -0.39 is 6.03 Å². The summed E-state index contributed by atoms with van der Waals surface area (Å²) in [4.78, 5) is 18.1. The van der Waals surface area contributed by atoms with Gasteiger partial charge in [0.1, 0.15) is 12.4 Å². The molecule has 160 valence electrons. The molecule has 8 nitrogen and oxygen atoms in total. The molecule has 0 aliphatic carbocycles. The van der Waals surface area contributed by atoms with Crippen molar-refractivity contribution in [1.29, 1.82) is 10.5 Å². The second kappa shape index (κ2) is 9.80. The molecule has 2 N–H and O–H groups in total. The lowest BCUT2D eigenvalue weighted by atomic mass is 9.84. The molecular formula is C22H30N6O2. The second-order valence-electron chi connectivity index (χ2n) is 8.50. The van der Waals surface area contributed by atoms with Crippen LogP contribution in [0.5, 0.6) is 5.75 Å². The number of carbonyl (C=O) groups is 1. The molecule has 0 radical (unpaired) electrons. The lowest BCUT2D eigenvalue weighted by molar-refractivity contribution is 0.0115. The summed E-state index contributed by atoms with van der Waals surface area (Å²) in [7, 11) is 1.70. The average molecular weight is 411 g/mol. The fourth-order valence-corrected chi connectivity index (χ4v) is 4.56. The third-order valence-electron chi connectivity index (χ3n) is 6.21. The molecule has 1 aromatic carbocycles. The van der Waals surface area contributed by atoms with E-state index in [0.29, 0.717) is 36.3 Å². The molecule has 1 aromatic rings. The van der Waals surface area contributed by atoms with E-state index in [-0.39, 0.29) is 12.1 Å². The Labute approximate surface area is 178 Å². The van der Waals surface area contributed by atoms with Gasteiger partial charge in [-0.15, -0.1) is 0 Å². The highest BCUT2D eigenvalue weighted by Gasteiger charge is 2.36. The van der Waals surface area contributed by atoms with Crippen LogP contribution in [-0.4, -0.2) is 79.2 Å². The predicted molar refractivity (Wildman–Crippen MR) is 112 cm³/mol. The van der Waals surface area contributed by atoms with Gasteiger partial charge in [-0.2, -0.15) is 10.5 Å². The Kier molecular flexibility index (Phi) is 7.15. The van der Waals surface area contributed by atoms with Gasteiger partial charge in [-0.1, -0.05) is 0 Å². The van der Waals surface area contributed by atoms with Gasteiger partial charge in [0, 0.05) is 39.8 Å². The quantitative estimate of drug-likeness (QED) is 0.729. The predicted octanol–water partition coefficient (Wildman–Crippen LogP) is 1.48. The van der Waals surface area contributed by atoms with E-state index in [1.54, 1.807) is 31.3 Å². The second-order valence-corrected chi connectivity index (χ2v) is 8.50. The molecule has 3 rings (SSSR count). The van der Waals surface area contributed by atoms with Crippen molar-refractivity contribution in [2.75, 3.05) is 46.4 Å². The molecule has 0 spiro atoms. The van der Waals surface area contributed by atoms with Gasteiger partial charge in [0.2, 0.25) is 0 Å². The van der Waals surface area contributed by atoms with E-state index in [0.717, 1.165) is 26.2 Å². The molecule has 0 saturated carbocycles. The fraction of sp³-hybridized carbons (Fsp3) is 0.591. The molecule has 0 aromatic heterocycles. The topological polar surface area (TPSA) is 110 Å². The summed E-state index contributed by atoms with van der Waals surface area (Å²) in [5.41, 5.74) is 6.12. The van der Waals surface area contributed by atoms with Crippen LogP contribution < -0.4 is 10.5 Å². The summed E-state index contributed by atoms with van der Waals surface area (Å²) in [6.45, 7) is 6.78. The smallest absolute Gasteiger partial charge is 0.314 e. The van der Waals surface area contributed by atoms with Gasteiger partial charge in [0.05, 0.1) is 29.8 Å². The number of nitriles is 2. The molecule has 30 heavy (non-hydrogen) atoms. The lowest BCUT2D eigenvalue weighted by Crippen LogP contribution is -2.57. The van der Waals surface area contributed by atoms with Crippen LogP contribution in [0.2, 0.25) is 0 Å². The van der Waals surface area contributed by atoms with Crippen molar-refractivity contribution in [3.05, 3.63) is 29.8 Å². The molecule has 2 heterocycles. The number of urea groups is 1. The van der Waals surface area contributed by atoms with Gasteiger partial charge < -0.3 is 20.3 Å². The Balaban J connectivity index is 1.60. The van der Waals surface area contributed by atoms with Crippen LogP contribution in [0.1, 0.15) is 18.9 Å². The highest BCUT2D eigenvalue weighted by Crippen LogP contribution is 2.30. The number of rotatable bonds is 7. The van der Waals surface area contributed by atoms with Crippen molar-refractivity contribution in [2.45, 2.75) is 25.4 Å². The monoisotopic (exact) mass is 410 g/mol. The number of ether oxygens (including phenoxy) is 1. The molecule has 2 amide bonds. The molecule has 4 unspecified atom stereocenters. The maximum Gasteiger partial charge on any atom is 0.314 e. The van der Waals surface area contributed by atoms with Crippen molar-refractivity contribution in [3.63, 3.8) is 0 Å². The number of nitrogens with two attached hydrogens (primary N) is 1. The SMILES string of the molecule is CC(C#N)N1CC2CC(CN(CC(COc3ccc(C#N)cc3)N(C)C(N)=O)C2)C1. The summed E-state index contributed by atoms with van der Waals surface area (Å²) >= 11 is 0. The Bertz CT molecular complexity index is 800. The van der Waals surface area contributed by atoms with Crippen LogP contribution in [0.15, 0.2) is 24.3 Å². The van der Waals surface area contributed by atoms with Crippen molar-refractivity contribution in [2.24, 2.45) is 17.6 Å². The van der Waals surface area contributed by atoms with Gasteiger partial charge in [0.25, 0.3) is 0 Å². The Hall–Kier alpha value is -2.81. The minimum absolute atomic E-state index is 0.0450. The van der Waals surface area contributed by atoms with Crippen LogP contribution >= 0.6 is 0 Å². The summed E-state index contributed by atoms with van der Waals surface area (Å²) < 4.78 is 5.91. The minimum atomic E-state index is -0.477. The lowest BCUT2D eigenvalue weighted by Gasteiger charge is -2.47. The van der Waals surface area contributed by atoms with E-state index >= 15 is 0 Å². The van der Waals surface area contributed by atoms with Crippen molar-refractivity contribution in [3.8, 4) is 17.9 Å². The zero-order valence-electron chi connectivity index (χ0n) is 17.7. The van der Waals surface area contributed by atoms with Crippen molar-refractivity contribution < 1.29 is 9.53 Å². The molecule has 8 heteroatoms. The largest absolute Gasteiger partial charge is 0.491 e. The number of likely N-dealkylation sites (N-methyl/N-ethyl adjacent to an activating group) is 1. The third-order valence-corrected chi connectivity index (χ3v) is 6.21. The van der Waals surface area contributed by atoms with Crippen LogP contribution in [0.25, 0.3) is 0 Å². The minimum Gasteiger partial charge on any atom is -0.491 e. The zero-order chi connectivity index (χ0) is 21.7. The first-order chi connectivity index (χ1) is 14.4.